The highest BCUT2D eigenvalue weighted by molar-refractivity contribution is 7.17. The van der Waals surface area contributed by atoms with Gasteiger partial charge in [-0.05, 0) is 49.4 Å². The predicted molar refractivity (Wildman–Crippen MR) is 114 cm³/mol. The first-order valence-corrected chi connectivity index (χ1v) is 9.53. The van der Waals surface area contributed by atoms with Crippen LogP contribution in [0.2, 0.25) is 5.02 Å². The Labute approximate surface area is 175 Å². The van der Waals surface area contributed by atoms with E-state index in [-0.39, 0.29) is 11.0 Å². The Morgan fingerprint density at radius 3 is 2.38 bits per heavy atom. The molecule has 4 amide bonds. The summed E-state index contributed by atoms with van der Waals surface area (Å²) in [7, 11) is 0. The van der Waals surface area contributed by atoms with Crippen molar-refractivity contribution < 1.29 is 14.4 Å². The molecule has 1 heterocycles. The number of nitrogens with two attached hydrogens (primary N) is 1. The van der Waals surface area contributed by atoms with Gasteiger partial charge in [-0.1, -0.05) is 29.0 Å². The second kappa shape index (κ2) is 8.72. The van der Waals surface area contributed by atoms with Crippen LogP contribution < -0.4 is 21.7 Å². The fourth-order valence-corrected chi connectivity index (χ4v) is 3.44. The first-order valence-electron chi connectivity index (χ1n) is 8.34. The van der Waals surface area contributed by atoms with Gasteiger partial charge in [0.1, 0.15) is 4.88 Å². The van der Waals surface area contributed by atoms with Crippen molar-refractivity contribution in [2.75, 3.05) is 16.0 Å². The van der Waals surface area contributed by atoms with E-state index < -0.39 is 11.9 Å². The highest BCUT2D eigenvalue weighted by Crippen LogP contribution is 2.24. The van der Waals surface area contributed by atoms with Gasteiger partial charge in [0.15, 0.2) is 5.13 Å². The highest BCUT2D eigenvalue weighted by Gasteiger charge is 2.17. The lowest BCUT2D eigenvalue weighted by Crippen LogP contribution is -2.19. The summed E-state index contributed by atoms with van der Waals surface area (Å²) in [5, 5.41) is 8.71. The van der Waals surface area contributed by atoms with Crippen molar-refractivity contribution in [2.45, 2.75) is 6.92 Å². The zero-order valence-corrected chi connectivity index (χ0v) is 16.7. The number of hydrogen-bond acceptors (Lipinski definition) is 5. The number of hydrogen-bond donors (Lipinski definition) is 4. The van der Waals surface area contributed by atoms with Crippen molar-refractivity contribution in [1.29, 1.82) is 0 Å². The fourth-order valence-electron chi connectivity index (χ4n) is 2.39. The number of anilines is 3. The minimum Gasteiger partial charge on any atom is -0.366 e. The normalized spacial score (nSPS) is 10.3. The first kappa shape index (κ1) is 20.3. The summed E-state index contributed by atoms with van der Waals surface area (Å²) in [5.74, 6) is -0.928. The number of carbonyl (C=O) groups is 3. The summed E-state index contributed by atoms with van der Waals surface area (Å²) in [6, 6.07) is 12.4. The molecule has 0 aliphatic heterocycles. The standard InChI is InChI=1S/C19H16ClN5O3S/c1-10-15(17(27)23-13-7-5-11(6-8-13)16(21)26)29-19(22-10)25-18(28)24-14-4-2-3-12(20)9-14/h2-9H,1H3,(H2,21,26)(H,23,27)(H2,22,24,25,28). The Kier molecular flexibility index (Phi) is 6.10. The molecule has 1 aromatic heterocycles. The van der Waals surface area contributed by atoms with Crippen molar-refractivity contribution >= 4 is 57.3 Å². The van der Waals surface area contributed by atoms with Gasteiger partial charge < -0.3 is 16.4 Å². The van der Waals surface area contributed by atoms with Gasteiger partial charge in [-0.3, -0.25) is 14.9 Å². The first-order chi connectivity index (χ1) is 13.8. The van der Waals surface area contributed by atoms with Crippen molar-refractivity contribution in [3.05, 3.63) is 69.7 Å². The summed E-state index contributed by atoms with van der Waals surface area (Å²) in [6.07, 6.45) is 0. The number of nitrogens with zero attached hydrogens (tertiary/aromatic N) is 1. The molecule has 148 valence electrons. The van der Waals surface area contributed by atoms with E-state index in [9.17, 15) is 14.4 Å². The molecule has 0 aliphatic carbocycles. The molecule has 5 N–H and O–H groups in total. The van der Waals surface area contributed by atoms with Crippen LogP contribution in [0.15, 0.2) is 48.5 Å². The predicted octanol–water partition coefficient (Wildman–Crippen LogP) is 4.10. The third kappa shape index (κ3) is 5.31. The van der Waals surface area contributed by atoms with Gasteiger partial charge in [0.05, 0.1) is 5.69 Å². The molecule has 0 saturated heterocycles. The highest BCUT2D eigenvalue weighted by atomic mass is 35.5. The van der Waals surface area contributed by atoms with Crippen LogP contribution in [-0.2, 0) is 0 Å². The van der Waals surface area contributed by atoms with E-state index in [2.05, 4.69) is 20.9 Å². The summed E-state index contributed by atoms with van der Waals surface area (Å²) in [6.45, 7) is 1.67. The third-order valence-corrected chi connectivity index (χ3v) is 5.04. The van der Waals surface area contributed by atoms with E-state index in [1.807, 2.05) is 0 Å². The van der Waals surface area contributed by atoms with Gasteiger partial charge in [0.2, 0.25) is 5.91 Å². The second-order valence-electron chi connectivity index (χ2n) is 5.92. The van der Waals surface area contributed by atoms with Crippen LogP contribution in [0.25, 0.3) is 0 Å². The molecule has 0 spiro atoms. The number of amides is 4. The maximum absolute atomic E-state index is 12.5. The van der Waals surface area contributed by atoms with Gasteiger partial charge in [-0.25, -0.2) is 9.78 Å². The van der Waals surface area contributed by atoms with Crippen LogP contribution in [0.5, 0.6) is 0 Å². The van der Waals surface area contributed by atoms with Crippen molar-refractivity contribution in [3.63, 3.8) is 0 Å². The Balaban J connectivity index is 1.65. The minimum atomic E-state index is -0.548. The summed E-state index contributed by atoms with van der Waals surface area (Å²) in [5.41, 5.74) is 7.04. The third-order valence-electron chi connectivity index (χ3n) is 3.73. The van der Waals surface area contributed by atoms with Crippen molar-refractivity contribution in [2.24, 2.45) is 5.73 Å². The number of carbonyl (C=O) groups excluding carboxylic acids is 3. The van der Waals surface area contributed by atoms with Crippen LogP contribution in [0.4, 0.5) is 21.3 Å². The number of rotatable bonds is 5. The molecule has 0 aliphatic rings. The zero-order valence-electron chi connectivity index (χ0n) is 15.2. The monoisotopic (exact) mass is 429 g/mol. The zero-order chi connectivity index (χ0) is 21.0. The fraction of sp³-hybridized carbons (Fsp3) is 0.0526. The largest absolute Gasteiger partial charge is 0.366 e. The molecule has 3 rings (SSSR count). The molecular weight excluding hydrogens is 414 g/mol. The van der Waals surface area contributed by atoms with Gasteiger partial charge in [-0.2, -0.15) is 0 Å². The minimum absolute atomic E-state index is 0.274. The van der Waals surface area contributed by atoms with Gasteiger partial charge in [-0.15, -0.1) is 0 Å². The lowest BCUT2D eigenvalue weighted by Gasteiger charge is -2.05. The smallest absolute Gasteiger partial charge is 0.325 e. The molecule has 0 bridgehead atoms. The molecule has 0 atom stereocenters. The van der Waals surface area contributed by atoms with Crippen molar-refractivity contribution in [1.82, 2.24) is 4.98 Å². The average Bonchev–Trinajstić information content (AvgIpc) is 3.02. The Morgan fingerprint density at radius 1 is 1.00 bits per heavy atom. The van der Waals surface area contributed by atoms with Gasteiger partial charge in [0.25, 0.3) is 5.91 Å². The number of aryl methyl sites for hydroxylation is 1. The average molecular weight is 430 g/mol. The molecule has 8 nitrogen and oxygen atoms in total. The van der Waals surface area contributed by atoms with E-state index in [1.165, 1.54) is 12.1 Å². The van der Waals surface area contributed by atoms with E-state index in [4.69, 9.17) is 17.3 Å². The molecule has 0 fully saturated rings. The molecule has 2 aromatic carbocycles. The van der Waals surface area contributed by atoms with Crippen LogP contribution >= 0.6 is 22.9 Å². The number of nitrogens with one attached hydrogen (secondary N) is 3. The SMILES string of the molecule is Cc1nc(NC(=O)Nc2cccc(Cl)c2)sc1C(=O)Nc1ccc(C(N)=O)cc1. The van der Waals surface area contributed by atoms with Gasteiger partial charge >= 0.3 is 6.03 Å². The quantitative estimate of drug-likeness (QED) is 0.487. The van der Waals surface area contributed by atoms with E-state index in [1.54, 1.807) is 43.3 Å². The Bertz CT molecular complexity index is 1080. The number of urea groups is 1. The summed E-state index contributed by atoms with van der Waals surface area (Å²) in [4.78, 5) is 40.3. The molecule has 0 saturated carbocycles. The van der Waals surface area contributed by atoms with Crippen LogP contribution in [0.1, 0.15) is 25.7 Å². The van der Waals surface area contributed by atoms with Crippen LogP contribution in [-0.4, -0.2) is 22.8 Å². The molecule has 3 aromatic rings. The van der Waals surface area contributed by atoms with E-state index in [0.29, 0.717) is 32.5 Å². The topological polar surface area (TPSA) is 126 Å². The summed E-state index contributed by atoms with van der Waals surface area (Å²) < 4.78 is 0. The molecule has 10 heteroatoms. The number of benzene rings is 2. The van der Waals surface area contributed by atoms with Crippen molar-refractivity contribution in [3.8, 4) is 0 Å². The molecule has 0 radical (unpaired) electrons. The Hall–Kier alpha value is -3.43. The number of primary amides is 1. The molecular formula is C19H16ClN5O3S. The van der Waals surface area contributed by atoms with Gasteiger partial charge in [0, 0.05) is 22.0 Å². The van der Waals surface area contributed by atoms with Crippen LogP contribution in [0, 0.1) is 6.92 Å². The molecule has 29 heavy (non-hydrogen) atoms. The number of thiazole rings is 1. The second-order valence-corrected chi connectivity index (χ2v) is 7.35. The number of halogens is 1. The number of aromatic nitrogens is 1. The van der Waals surface area contributed by atoms with E-state index in [0.717, 1.165) is 11.3 Å². The maximum atomic E-state index is 12.5. The Morgan fingerprint density at radius 2 is 1.72 bits per heavy atom. The molecule has 0 unspecified atom stereocenters. The maximum Gasteiger partial charge on any atom is 0.325 e. The summed E-state index contributed by atoms with van der Waals surface area (Å²) >= 11 is 6.93. The lowest BCUT2D eigenvalue weighted by molar-refractivity contribution is 0.0998. The van der Waals surface area contributed by atoms with Crippen LogP contribution in [0.3, 0.4) is 0 Å². The van der Waals surface area contributed by atoms with E-state index >= 15 is 0 Å². The lowest BCUT2D eigenvalue weighted by atomic mass is 10.2.